The van der Waals surface area contributed by atoms with Crippen LogP contribution in [0.4, 0.5) is 0 Å². The van der Waals surface area contributed by atoms with E-state index in [4.69, 9.17) is 0 Å². The Morgan fingerprint density at radius 3 is 1.83 bits per heavy atom. The van der Waals surface area contributed by atoms with Crippen molar-refractivity contribution in [3.63, 3.8) is 0 Å². The van der Waals surface area contributed by atoms with E-state index in [0.29, 0.717) is 0 Å². The fraction of sp³-hybridized carbons (Fsp3) is 0.739. The third kappa shape index (κ3) is 4.61. The van der Waals surface area contributed by atoms with Gasteiger partial charge in [0, 0.05) is 0 Å². The molecule has 2 aliphatic rings. The van der Waals surface area contributed by atoms with Crippen LogP contribution in [0.5, 0.6) is 0 Å². The van der Waals surface area contributed by atoms with Gasteiger partial charge in [-0.3, -0.25) is 0 Å². The molecule has 0 nitrogen and oxygen atoms in total. The van der Waals surface area contributed by atoms with E-state index in [2.05, 4.69) is 45.0 Å². The molecule has 0 saturated heterocycles. The highest BCUT2D eigenvalue weighted by Gasteiger charge is 2.31. The Labute approximate surface area is 144 Å². The van der Waals surface area contributed by atoms with Gasteiger partial charge in [0.15, 0.2) is 0 Å². The number of hydrogen-bond donors (Lipinski definition) is 0. The zero-order valence-corrected chi connectivity index (χ0v) is 15.6. The SMILES string of the molecule is Cc1ccc(C2CCC(C3CCC(CC(C)C)CC3)CC2)cc1. The van der Waals surface area contributed by atoms with E-state index in [9.17, 15) is 0 Å². The molecule has 3 rings (SSSR count). The summed E-state index contributed by atoms with van der Waals surface area (Å²) in [5.74, 6) is 4.86. The molecule has 128 valence electrons. The molecule has 0 aromatic heterocycles. The first-order valence-electron chi connectivity index (χ1n) is 10.2. The maximum atomic E-state index is 2.39. The van der Waals surface area contributed by atoms with Gasteiger partial charge < -0.3 is 0 Å². The van der Waals surface area contributed by atoms with Gasteiger partial charge in [0.05, 0.1) is 0 Å². The molecule has 0 amide bonds. The van der Waals surface area contributed by atoms with Gasteiger partial charge in [-0.05, 0) is 87.0 Å². The van der Waals surface area contributed by atoms with E-state index in [-0.39, 0.29) is 0 Å². The van der Waals surface area contributed by atoms with Crippen LogP contribution in [0.2, 0.25) is 0 Å². The maximum Gasteiger partial charge on any atom is -0.0162 e. The van der Waals surface area contributed by atoms with Crippen molar-refractivity contribution in [2.24, 2.45) is 23.7 Å². The average Bonchev–Trinajstić information content (AvgIpc) is 2.56. The van der Waals surface area contributed by atoms with Gasteiger partial charge in [0.25, 0.3) is 0 Å². The van der Waals surface area contributed by atoms with Crippen molar-refractivity contribution in [2.45, 2.75) is 84.5 Å². The summed E-state index contributed by atoms with van der Waals surface area (Å²) in [5, 5.41) is 0. The topological polar surface area (TPSA) is 0 Å². The third-order valence-electron chi connectivity index (χ3n) is 6.68. The summed E-state index contributed by atoms with van der Waals surface area (Å²) >= 11 is 0. The molecule has 2 saturated carbocycles. The first kappa shape index (κ1) is 17.1. The Morgan fingerprint density at radius 1 is 0.783 bits per heavy atom. The van der Waals surface area contributed by atoms with Gasteiger partial charge in [-0.1, -0.05) is 56.5 Å². The van der Waals surface area contributed by atoms with Gasteiger partial charge in [-0.15, -0.1) is 0 Å². The van der Waals surface area contributed by atoms with Crippen LogP contribution >= 0.6 is 0 Å². The molecule has 0 radical (unpaired) electrons. The van der Waals surface area contributed by atoms with Crippen LogP contribution in [0.25, 0.3) is 0 Å². The summed E-state index contributed by atoms with van der Waals surface area (Å²) in [6.07, 6.45) is 13.4. The van der Waals surface area contributed by atoms with Crippen LogP contribution in [-0.2, 0) is 0 Å². The van der Waals surface area contributed by atoms with Crippen LogP contribution in [0.1, 0.15) is 88.7 Å². The van der Waals surface area contributed by atoms with E-state index in [0.717, 1.165) is 29.6 Å². The molecular weight excluding hydrogens is 276 g/mol. The largest absolute Gasteiger partial charge is 0.0628 e. The summed E-state index contributed by atoms with van der Waals surface area (Å²) in [6, 6.07) is 9.32. The fourth-order valence-corrected chi connectivity index (χ4v) is 5.32. The smallest absolute Gasteiger partial charge is 0.0162 e. The Hall–Kier alpha value is -0.780. The highest BCUT2D eigenvalue weighted by Crippen LogP contribution is 2.44. The molecule has 0 bridgehead atoms. The van der Waals surface area contributed by atoms with Gasteiger partial charge in [0.2, 0.25) is 0 Å². The normalized spacial score (nSPS) is 32.2. The van der Waals surface area contributed by atoms with Crippen molar-refractivity contribution in [2.75, 3.05) is 0 Å². The zero-order chi connectivity index (χ0) is 16.2. The first-order chi connectivity index (χ1) is 11.1. The molecule has 0 N–H and O–H groups in total. The minimum absolute atomic E-state index is 0.837. The monoisotopic (exact) mass is 312 g/mol. The van der Waals surface area contributed by atoms with E-state index in [1.54, 1.807) is 5.56 Å². The summed E-state index contributed by atoms with van der Waals surface area (Å²) in [6.45, 7) is 6.97. The van der Waals surface area contributed by atoms with Crippen molar-refractivity contribution in [1.82, 2.24) is 0 Å². The predicted molar refractivity (Wildman–Crippen MR) is 101 cm³/mol. The Kier molecular flexibility index (Phi) is 5.83. The van der Waals surface area contributed by atoms with Crippen molar-refractivity contribution in [3.8, 4) is 0 Å². The Morgan fingerprint density at radius 2 is 1.30 bits per heavy atom. The van der Waals surface area contributed by atoms with E-state index >= 15 is 0 Å². The predicted octanol–water partition coefficient (Wildman–Crippen LogP) is 7.12. The Bertz CT molecular complexity index is 453. The maximum absolute atomic E-state index is 2.39. The highest BCUT2D eigenvalue weighted by molar-refractivity contribution is 5.24. The summed E-state index contributed by atoms with van der Waals surface area (Å²) < 4.78 is 0. The molecular formula is C23H36. The number of benzene rings is 1. The van der Waals surface area contributed by atoms with E-state index < -0.39 is 0 Å². The minimum Gasteiger partial charge on any atom is -0.0628 e. The lowest BCUT2D eigenvalue weighted by atomic mass is 9.67. The van der Waals surface area contributed by atoms with Gasteiger partial charge >= 0.3 is 0 Å². The molecule has 0 aliphatic heterocycles. The second-order valence-electron chi connectivity index (χ2n) is 8.93. The van der Waals surface area contributed by atoms with E-state index in [1.807, 2.05) is 0 Å². The Balaban J connectivity index is 1.45. The molecule has 0 spiro atoms. The van der Waals surface area contributed by atoms with Crippen LogP contribution in [0.3, 0.4) is 0 Å². The third-order valence-corrected chi connectivity index (χ3v) is 6.68. The number of hydrogen-bond acceptors (Lipinski definition) is 0. The quantitative estimate of drug-likeness (QED) is 0.555. The zero-order valence-electron chi connectivity index (χ0n) is 15.6. The van der Waals surface area contributed by atoms with Gasteiger partial charge in [-0.25, -0.2) is 0 Å². The van der Waals surface area contributed by atoms with Gasteiger partial charge in [0.1, 0.15) is 0 Å². The summed E-state index contributed by atoms with van der Waals surface area (Å²) in [7, 11) is 0. The standard InChI is InChI=1S/C23H36/c1-17(2)16-19-6-10-21(11-7-19)23-14-12-22(13-15-23)20-8-4-18(3)5-9-20/h4-5,8-9,17,19,21-23H,6-7,10-16H2,1-3H3. The number of aryl methyl sites for hydroxylation is 1. The van der Waals surface area contributed by atoms with Crippen molar-refractivity contribution >= 4 is 0 Å². The van der Waals surface area contributed by atoms with E-state index in [1.165, 1.54) is 63.4 Å². The summed E-state index contributed by atoms with van der Waals surface area (Å²) in [5.41, 5.74) is 2.98. The van der Waals surface area contributed by atoms with Crippen LogP contribution in [0.15, 0.2) is 24.3 Å². The molecule has 2 fully saturated rings. The molecule has 1 aromatic rings. The minimum atomic E-state index is 0.837. The van der Waals surface area contributed by atoms with Crippen molar-refractivity contribution in [3.05, 3.63) is 35.4 Å². The molecule has 0 unspecified atom stereocenters. The first-order valence-corrected chi connectivity index (χ1v) is 10.2. The molecule has 2 aliphatic carbocycles. The molecule has 23 heavy (non-hydrogen) atoms. The second-order valence-corrected chi connectivity index (χ2v) is 8.93. The molecule has 0 atom stereocenters. The molecule has 1 aromatic carbocycles. The van der Waals surface area contributed by atoms with Crippen LogP contribution in [0, 0.1) is 30.6 Å². The summed E-state index contributed by atoms with van der Waals surface area (Å²) in [4.78, 5) is 0. The highest BCUT2D eigenvalue weighted by atomic mass is 14.4. The van der Waals surface area contributed by atoms with Gasteiger partial charge in [-0.2, -0.15) is 0 Å². The van der Waals surface area contributed by atoms with Crippen LogP contribution < -0.4 is 0 Å². The lowest BCUT2D eigenvalue weighted by Gasteiger charge is -2.38. The van der Waals surface area contributed by atoms with Crippen molar-refractivity contribution < 1.29 is 0 Å². The fourth-order valence-electron chi connectivity index (χ4n) is 5.32. The number of rotatable bonds is 4. The molecule has 0 heterocycles. The van der Waals surface area contributed by atoms with Crippen molar-refractivity contribution in [1.29, 1.82) is 0 Å². The van der Waals surface area contributed by atoms with Crippen LogP contribution in [-0.4, -0.2) is 0 Å². The molecule has 0 heteroatoms. The lowest BCUT2D eigenvalue weighted by Crippen LogP contribution is -2.25. The second kappa shape index (κ2) is 7.86. The average molecular weight is 313 g/mol. The lowest BCUT2D eigenvalue weighted by molar-refractivity contribution is 0.151.